The van der Waals surface area contributed by atoms with E-state index in [2.05, 4.69) is 29.4 Å². The van der Waals surface area contributed by atoms with Gasteiger partial charge >= 0.3 is 0 Å². The summed E-state index contributed by atoms with van der Waals surface area (Å²) in [5.41, 5.74) is 1.81. The van der Waals surface area contributed by atoms with Gasteiger partial charge in [-0.25, -0.2) is 0 Å². The van der Waals surface area contributed by atoms with Gasteiger partial charge in [0.15, 0.2) is 0 Å². The van der Waals surface area contributed by atoms with E-state index >= 15 is 0 Å². The average Bonchev–Trinajstić information content (AvgIpc) is 2.99. The number of nitrogens with one attached hydrogen (secondary N) is 2. The number of nitrogens with zero attached hydrogens (tertiary/aromatic N) is 1. The lowest BCUT2D eigenvalue weighted by Crippen LogP contribution is -2.31. The first-order valence-electron chi connectivity index (χ1n) is 8.07. The second-order valence-electron chi connectivity index (χ2n) is 5.76. The van der Waals surface area contributed by atoms with Gasteiger partial charge in [0.05, 0.1) is 0 Å². The summed E-state index contributed by atoms with van der Waals surface area (Å²) in [4.78, 5) is 14.6. The lowest BCUT2D eigenvalue weighted by Gasteiger charge is -2.14. The van der Waals surface area contributed by atoms with Gasteiger partial charge in [-0.1, -0.05) is 13.8 Å². The second kappa shape index (κ2) is 8.03. The molecule has 0 bridgehead atoms. The molecule has 0 aliphatic carbocycles. The van der Waals surface area contributed by atoms with Crippen molar-refractivity contribution in [1.82, 2.24) is 10.2 Å². The largest absolute Gasteiger partial charge is 0.385 e. The standard InChI is InChI=1S/C17H27N3O/c1-3-10-18-16-7-5-15(6-8-16)17(21)19-12-14-9-11-20(4-2)13-14/h5-8,14,18H,3-4,9-13H2,1-2H3,(H,19,21). The van der Waals surface area contributed by atoms with Crippen LogP contribution < -0.4 is 10.6 Å². The third kappa shape index (κ3) is 4.74. The smallest absolute Gasteiger partial charge is 0.251 e. The van der Waals surface area contributed by atoms with Gasteiger partial charge in [0.2, 0.25) is 0 Å². The number of rotatable bonds is 7. The lowest BCUT2D eigenvalue weighted by atomic mass is 10.1. The number of hydrogen-bond donors (Lipinski definition) is 2. The van der Waals surface area contributed by atoms with Crippen LogP contribution in [0.4, 0.5) is 5.69 Å². The van der Waals surface area contributed by atoms with Crippen LogP contribution >= 0.6 is 0 Å². The van der Waals surface area contributed by atoms with Crippen LogP contribution in [0.3, 0.4) is 0 Å². The molecule has 0 saturated carbocycles. The molecule has 1 aliphatic heterocycles. The molecule has 4 nitrogen and oxygen atoms in total. The molecule has 116 valence electrons. The molecule has 1 unspecified atom stereocenters. The third-order valence-electron chi connectivity index (χ3n) is 4.09. The topological polar surface area (TPSA) is 44.4 Å². The Morgan fingerprint density at radius 2 is 2.05 bits per heavy atom. The van der Waals surface area contributed by atoms with Gasteiger partial charge in [-0.3, -0.25) is 4.79 Å². The van der Waals surface area contributed by atoms with Gasteiger partial charge in [0, 0.05) is 30.9 Å². The number of benzene rings is 1. The van der Waals surface area contributed by atoms with Crippen molar-refractivity contribution in [3.8, 4) is 0 Å². The summed E-state index contributed by atoms with van der Waals surface area (Å²) in [7, 11) is 0. The molecule has 1 heterocycles. The Morgan fingerprint density at radius 3 is 2.67 bits per heavy atom. The Bertz CT molecular complexity index is 444. The van der Waals surface area contributed by atoms with Gasteiger partial charge in [0.25, 0.3) is 5.91 Å². The van der Waals surface area contributed by atoms with E-state index in [1.54, 1.807) is 0 Å². The number of carbonyl (C=O) groups is 1. The Hall–Kier alpha value is -1.55. The van der Waals surface area contributed by atoms with Gasteiger partial charge < -0.3 is 15.5 Å². The van der Waals surface area contributed by atoms with Crippen molar-refractivity contribution in [3.63, 3.8) is 0 Å². The zero-order valence-electron chi connectivity index (χ0n) is 13.2. The summed E-state index contributed by atoms with van der Waals surface area (Å²) >= 11 is 0. The van der Waals surface area contributed by atoms with Crippen molar-refractivity contribution in [3.05, 3.63) is 29.8 Å². The molecule has 2 rings (SSSR count). The maximum atomic E-state index is 12.1. The molecule has 1 aromatic rings. The Kier molecular flexibility index (Phi) is 6.05. The first-order valence-corrected chi connectivity index (χ1v) is 8.07. The highest BCUT2D eigenvalue weighted by Gasteiger charge is 2.21. The Labute approximate surface area is 127 Å². The second-order valence-corrected chi connectivity index (χ2v) is 5.76. The molecule has 2 N–H and O–H groups in total. The van der Waals surface area contributed by atoms with Crippen LogP contribution in [0.15, 0.2) is 24.3 Å². The lowest BCUT2D eigenvalue weighted by molar-refractivity contribution is 0.0947. The highest BCUT2D eigenvalue weighted by atomic mass is 16.1. The number of anilines is 1. The highest BCUT2D eigenvalue weighted by molar-refractivity contribution is 5.94. The van der Waals surface area contributed by atoms with E-state index in [9.17, 15) is 4.79 Å². The Morgan fingerprint density at radius 1 is 1.29 bits per heavy atom. The number of hydrogen-bond acceptors (Lipinski definition) is 3. The monoisotopic (exact) mass is 289 g/mol. The molecule has 1 amide bonds. The van der Waals surface area contributed by atoms with Crippen LogP contribution in [0.25, 0.3) is 0 Å². The normalized spacial score (nSPS) is 18.7. The molecule has 4 heteroatoms. The number of amides is 1. The van der Waals surface area contributed by atoms with E-state index in [0.29, 0.717) is 5.92 Å². The molecule has 0 radical (unpaired) electrons. The van der Waals surface area contributed by atoms with Crippen molar-refractivity contribution in [2.45, 2.75) is 26.7 Å². The summed E-state index contributed by atoms with van der Waals surface area (Å²) < 4.78 is 0. The molecule has 0 aromatic heterocycles. The van der Waals surface area contributed by atoms with Crippen LogP contribution in [0, 0.1) is 5.92 Å². The summed E-state index contributed by atoms with van der Waals surface area (Å²) in [6.45, 7) is 9.45. The van der Waals surface area contributed by atoms with Crippen LogP contribution in [0.5, 0.6) is 0 Å². The van der Waals surface area contributed by atoms with Crippen molar-refractivity contribution < 1.29 is 4.79 Å². The molecule has 0 spiro atoms. The minimum absolute atomic E-state index is 0.0342. The molecule has 1 atom stereocenters. The molecular weight excluding hydrogens is 262 g/mol. The van der Waals surface area contributed by atoms with Crippen LogP contribution in [0.2, 0.25) is 0 Å². The molecule has 1 saturated heterocycles. The van der Waals surface area contributed by atoms with Crippen LogP contribution in [-0.4, -0.2) is 43.5 Å². The fourth-order valence-corrected chi connectivity index (χ4v) is 2.71. The predicted octanol–water partition coefficient (Wildman–Crippen LogP) is 2.58. The van der Waals surface area contributed by atoms with Gasteiger partial charge in [-0.15, -0.1) is 0 Å². The summed E-state index contributed by atoms with van der Waals surface area (Å²) in [6.07, 6.45) is 2.28. The molecule has 1 aliphatic rings. The fourth-order valence-electron chi connectivity index (χ4n) is 2.71. The predicted molar refractivity (Wildman–Crippen MR) is 87.8 cm³/mol. The van der Waals surface area contributed by atoms with Crippen molar-refractivity contribution in [2.24, 2.45) is 5.92 Å². The van der Waals surface area contributed by atoms with E-state index in [4.69, 9.17) is 0 Å². The zero-order chi connectivity index (χ0) is 15.1. The molecule has 1 aromatic carbocycles. The van der Waals surface area contributed by atoms with Gasteiger partial charge in [-0.2, -0.15) is 0 Å². The summed E-state index contributed by atoms with van der Waals surface area (Å²) in [6, 6.07) is 7.72. The number of carbonyl (C=O) groups excluding carboxylic acids is 1. The van der Waals surface area contributed by atoms with Crippen molar-refractivity contribution >= 4 is 11.6 Å². The van der Waals surface area contributed by atoms with E-state index in [0.717, 1.165) is 50.4 Å². The number of likely N-dealkylation sites (tertiary alicyclic amines) is 1. The van der Waals surface area contributed by atoms with Crippen molar-refractivity contribution in [1.29, 1.82) is 0 Å². The average molecular weight is 289 g/mol. The zero-order valence-corrected chi connectivity index (χ0v) is 13.2. The molecular formula is C17H27N3O. The SMILES string of the molecule is CCCNc1ccc(C(=O)NCC2CCN(CC)C2)cc1. The van der Waals surface area contributed by atoms with E-state index in [1.807, 2.05) is 24.3 Å². The first kappa shape index (κ1) is 15.8. The molecule has 1 fully saturated rings. The maximum absolute atomic E-state index is 12.1. The van der Waals surface area contributed by atoms with Gasteiger partial charge in [0.1, 0.15) is 0 Å². The molecule has 21 heavy (non-hydrogen) atoms. The van der Waals surface area contributed by atoms with Crippen LogP contribution in [0.1, 0.15) is 37.0 Å². The maximum Gasteiger partial charge on any atom is 0.251 e. The first-order chi connectivity index (χ1) is 10.2. The van der Waals surface area contributed by atoms with E-state index in [1.165, 1.54) is 6.42 Å². The quantitative estimate of drug-likeness (QED) is 0.811. The minimum Gasteiger partial charge on any atom is -0.385 e. The fraction of sp³-hybridized carbons (Fsp3) is 0.588. The Balaban J connectivity index is 1.78. The summed E-state index contributed by atoms with van der Waals surface area (Å²) in [5, 5.41) is 6.37. The van der Waals surface area contributed by atoms with Crippen LogP contribution in [-0.2, 0) is 0 Å². The van der Waals surface area contributed by atoms with Crippen molar-refractivity contribution in [2.75, 3.05) is 38.0 Å². The highest BCUT2D eigenvalue weighted by Crippen LogP contribution is 2.15. The van der Waals surface area contributed by atoms with Gasteiger partial charge in [-0.05, 0) is 56.1 Å². The van der Waals surface area contributed by atoms with E-state index in [-0.39, 0.29) is 5.91 Å². The minimum atomic E-state index is 0.0342. The third-order valence-corrected chi connectivity index (χ3v) is 4.09. The van der Waals surface area contributed by atoms with E-state index < -0.39 is 0 Å². The summed E-state index contributed by atoms with van der Waals surface area (Å²) in [5.74, 6) is 0.631.